The van der Waals surface area contributed by atoms with E-state index in [-0.39, 0.29) is 0 Å². The van der Waals surface area contributed by atoms with E-state index >= 15 is 0 Å². The highest BCUT2D eigenvalue weighted by atomic mass is 16.3. The highest BCUT2D eigenvalue weighted by molar-refractivity contribution is 5.16. The number of aliphatic hydroxyl groups excluding tert-OH is 1. The van der Waals surface area contributed by atoms with E-state index in [0.29, 0.717) is 0 Å². The molecule has 1 N–H and O–H groups in total. The maximum Gasteiger partial charge on any atom is 0.114 e. The van der Waals surface area contributed by atoms with E-state index in [9.17, 15) is 10.4 Å². The minimum Gasteiger partial charge on any atom is -0.385 e. The summed E-state index contributed by atoms with van der Waals surface area (Å²) in [5.74, 6) is 0. The third-order valence-electron chi connectivity index (χ3n) is 3.38. The lowest BCUT2D eigenvalue weighted by molar-refractivity contribution is 0.0599. The Morgan fingerprint density at radius 1 is 1.60 bits per heavy atom. The second-order valence-corrected chi connectivity index (χ2v) is 4.26. The molecule has 0 aromatic carbocycles. The molecular weight excluding hydrogens is 190 g/mol. The fraction of sp³-hybridized carbons (Fsp3) is 0.636. The van der Waals surface area contributed by atoms with E-state index < -0.39 is 11.5 Å². The number of hydrogen-bond acceptors (Lipinski definition) is 3. The molecule has 2 rings (SSSR count). The van der Waals surface area contributed by atoms with Gasteiger partial charge in [-0.15, -0.1) is 0 Å². The van der Waals surface area contributed by atoms with Crippen molar-refractivity contribution in [2.75, 3.05) is 0 Å². The van der Waals surface area contributed by atoms with Gasteiger partial charge in [-0.1, -0.05) is 12.8 Å². The lowest BCUT2D eigenvalue weighted by atomic mass is 9.80. The van der Waals surface area contributed by atoms with E-state index in [4.69, 9.17) is 0 Å². The van der Waals surface area contributed by atoms with Gasteiger partial charge in [0.15, 0.2) is 0 Å². The van der Waals surface area contributed by atoms with Gasteiger partial charge in [0, 0.05) is 13.2 Å². The lowest BCUT2D eigenvalue weighted by Crippen LogP contribution is -2.25. The molecule has 0 bridgehead atoms. The average Bonchev–Trinajstić information content (AvgIpc) is 2.86. The monoisotopic (exact) mass is 205 g/mol. The van der Waals surface area contributed by atoms with Crippen LogP contribution in [-0.2, 0) is 7.05 Å². The molecule has 80 valence electrons. The van der Waals surface area contributed by atoms with Crippen molar-refractivity contribution >= 4 is 0 Å². The molecule has 1 atom stereocenters. The second kappa shape index (κ2) is 3.67. The third-order valence-corrected chi connectivity index (χ3v) is 3.38. The topological polar surface area (TPSA) is 61.8 Å². The van der Waals surface area contributed by atoms with Crippen molar-refractivity contribution in [3.8, 4) is 6.07 Å². The minimum atomic E-state index is -0.711. The average molecular weight is 205 g/mol. The quantitative estimate of drug-likeness (QED) is 0.796. The van der Waals surface area contributed by atoms with Crippen LogP contribution < -0.4 is 0 Å². The predicted octanol–water partition coefficient (Wildman–Crippen LogP) is 1.54. The van der Waals surface area contributed by atoms with E-state index in [0.717, 1.165) is 31.4 Å². The second-order valence-electron chi connectivity index (χ2n) is 4.26. The number of rotatable bonds is 2. The SMILES string of the molecule is Cn1nccc1C(O)C1(C#N)CCCC1. The molecule has 0 spiro atoms. The number of nitrogens with zero attached hydrogens (tertiary/aromatic N) is 3. The van der Waals surface area contributed by atoms with Crippen LogP contribution in [0.1, 0.15) is 37.5 Å². The summed E-state index contributed by atoms with van der Waals surface area (Å²) < 4.78 is 1.64. The summed E-state index contributed by atoms with van der Waals surface area (Å²) in [6.07, 6.45) is 4.58. The molecular formula is C11H15N3O. The Morgan fingerprint density at radius 2 is 2.27 bits per heavy atom. The van der Waals surface area contributed by atoms with Crippen LogP contribution in [0.4, 0.5) is 0 Å². The van der Waals surface area contributed by atoms with Gasteiger partial charge in [0.2, 0.25) is 0 Å². The van der Waals surface area contributed by atoms with Crippen molar-refractivity contribution in [2.24, 2.45) is 12.5 Å². The zero-order chi connectivity index (χ0) is 10.9. The van der Waals surface area contributed by atoms with Crippen molar-refractivity contribution in [3.63, 3.8) is 0 Å². The Kier molecular flexibility index (Phi) is 2.49. The number of hydrogen-bond donors (Lipinski definition) is 1. The molecule has 1 fully saturated rings. The first-order chi connectivity index (χ1) is 7.19. The first-order valence-corrected chi connectivity index (χ1v) is 5.27. The van der Waals surface area contributed by atoms with Crippen LogP contribution in [0.15, 0.2) is 12.3 Å². The van der Waals surface area contributed by atoms with Crippen LogP contribution >= 0.6 is 0 Å². The first kappa shape index (κ1) is 10.2. The van der Waals surface area contributed by atoms with Crippen molar-refractivity contribution < 1.29 is 5.11 Å². The maximum absolute atomic E-state index is 10.3. The Labute approximate surface area is 89.1 Å². The summed E-state index contributed by atoms with van der Waals surface area (Å²) in [5, 5.41) is 23.5. The van der Waals surface area contributed by atoms with Gasteiger partial charge >= 0.3 is 0 Å². The normalized spacial score (nSPS) is 21.1. The molecule has 1 aliphatic rings. The van der Waals surface area contributed by atoms with Crippen molar-refractivity contribution in [3.05, 3.63) is 18.0 Å². The van der Waals surface area contributed by atoms with E-state index in [1.165, 1.54) is 0 Å². The molecule has 1 heterocycles. The third kappa shape index (κ3) is 1.53. The van der Waals surface area contributed by atoms with Gasteiger partial charge in [-0.25, -0.2) is 0 Å². The van der Waals surface area contributed by atoms with Crippen molar-refractivity contribution in [1.29, 1.82) is 5.26 Å². The standard InChI is InChI=1S/C11H15N3O/c1-14-9(4-7-13-14)10(15)11(8-12)5-2-3-6-11/h4,7,10,15H,2-3,5-6H2,1H3. The molecule has 0 saturated heterocycles. The molecule has 4 nitrogen and oxygen atoms in total. The molecule has 15 heavy (non-hydrogen) atoms. The van der Waals surface area contributed by atoms with Gasteiger partial charge in [0.05, 0.1) is 17.2 Å². The largest absolute Gasteiger partial charge is 0.385 e. The molecule has 0 amide bonds. The molecule has 0 aliphatic heterocycles. The number of nitriles is 1. The minimum absolute atomic E-state index is 0.589. The highest BCUT2D eigenvalue weighted by Crippen LogP contribution is 2.46. The van der Waals surface area contributed by atoms with Gasteiger partial charge < -0.3 is 5.11 Å². The van der Waals surface area contributed by atoms with E-state index in [2.05, 4.69) is 11.2 Å². The lowest BCUT2D eigenvalue weighted by Gasteiger charge is -2.26. The summed E-state index contributed by atoms with van der Waals surface area (Å²) in [6, 6.07) is 4.08. The molecule has 1 aliphatic carbocycles. The summed E-state index contributed by atoms with van der Waals surface area (Å²) >= 11 is 0. The van der Waals surface area contributed by atoms with Crippen LogP contribution in [-0.4, -0.2) is 14.9 Å². The van der Waals surface area contributed by atoms with Gasteiger partial charge in [0.25, 0.3) is 0 Å². The van der Waals surface area contributed by atoms with Crippen LogP contribution in [0.5, 0.6) is 0 Å². The Bertz CT molecular complexity index is 385. The van der Waals surface area contributed by atoms with Crippen molar-refractivity contribution in [2.45, 2.75) is 31.8 Å². The Morgan fingerprint density at radius 3 is 2.73 bits per heavy atom. The molecule has 1 unspecified atom stereocenters. The van der Waals surface area contributed by atoms with E-state index in [1.54, 1.807) is 24.0 Å². The van der Waals surface area contributed by atoms with Gasteiger partial charge in [-0.05, 0) is 18.9 Å². The fourth-order valence-electron chi connectivity index (χ4n) is 2.39. The zero-order valence-electron chi connectivity index (χ0n) is 8.85. The van der Waals surface area contributed by atoms with Gasteiger partial charge in [0.1, 0.15) is 6.10 Å². The van der Waals surface area contributed by atoms with Gasteiger partial charge in [-0.2, -0.15) is 10.4 Å². The fourth-order valence-corrected chi connectivity index (χ4v) is 2.39. The number of aryl methyl sites for hydroxylation is 1. The van der Waals surface area contributed by atoms with E-state index in [1.807, 2.05) is 0 Å². The molecule has 1 saturated carbocycles. The van der Waals surface area contributed by atoms with Crippen LogP contribution in [0, 0.1) is 16.7 Å². The predicted molar refractivity (Wildman–Crippen MR) is 54.7 cm³/mol. The summed E-state index contributed by atoms with van der Waals surface area (Å²) in [7, 11) is 1.79. The van der Waals surface area contributed by atoms with Crippen LogP contribution in [0.2, 0.25) is 0 Å². The molecule has 4 heteroatoms. The maximum atomic E-state index is 10.3. The highest BCUT2D eigenvalue weighted by Gasteiger charge is 2.42. The zero-order valence-corrected chi connectivity index (χ0v) is 8.85. The Balaban J connectivity index is 2.31. The van der Waals surface area contributed by atoms with Crippen LogP contribution in [0.3, 0.4) is 0 Å². The summed E-state index contributed by atoms with van der Waals surface area (Å²) in [6.45, 7) is 0. The molecule has 1 aromatic heterocycles. The smallest absolute Gasteiger partial charge is 0.114 e. The van der Waals surface area contributed by atoms with Gasteiger partial charge in [-0.3, -0.25) is 4.68 Å². The van der Waals surface area contributed by atoms with Crippen molar-refractivity contribution in [1.82, 2.24) is 9.78 Å². The molecule has 1 aromatic rings. The Hall–Kier alpha value is -1.34. The first-order valence-electron chi connectivity index (χ1n) is 5.27. The summed E-state index contributed by atoms with van der Waals surface area (Å²) in [5.41, 5.74) is 0.145. The number of aromatic nitrogens is 2. The van der Waals surface area contributed by atoms with Crippen LogP contribution in [0.25, 0.3) is 0 Å². The summed E-state index contributed by atoms with van der Waals surface area (Å²) in [4.78, 5) is 0. The number of aliphatic hydroxyl groups is 1. The molecule has 0 radical (unpaired) electrons.